The lowest BCUT2D eigenvalue weighted by Gasteiger charge is -2.25. The van der Waals surface area contributed by atoms with Crippen LogP contribution in [0.1, 0.15) is 36.6 Å². The first-order valence-electron chi connectivity index (χ1n) is 12.6. The summed E-state index contributed by atoms with van der Waals surface area (Å²) in [7, 11) is 0. The Morgan fingerprint density at radius 2 is 1.55 bits per heavy atom. The molecule has 0 unspecified atom stereocenters. The lowest BCUT2D eigenvalue weighted by Crippen LogP contribution is -2.29. The molecule has 1 saturated carbocycles. The summed E-state index contributed by atoms with van der Waals surface area (Å²) < 4.78 is 52.4. The van der Waals surface area contributed by atoms with Crippen molar-refractivity contribution in [2.75, 3.05) is 11.5 Å². The zero-order chi connectivity index (χ0) is 28.7. The van der Waals surface area contributed by atoms with E-state index in [0.29, 0.717) is 18.4 Å². The van der Waals surface area contributed by atoms with Gasteiger partial charge in [-0.2, -0.15) is 13.2 Å². The van der Waals surface area contributed by atoms with E-state index in [9.17, 15) is 27.9 Å². The molecular weight excluding hydrogens is 525 g/mol. The zero-order valence-electron chi connectivity index (χ0n) is 21.7. The van der Waals surface area contributed by atoms with Crippen molar-refractivity contribution < 1.29 is 37.1 Å². The maximum absolute atomic E-state index is 13.9. The number of benzene rings is 3. The number of halogens is 3. The molecule has 0 bridgehead atoms. The van der Waals surface area contributed by atoms with Gasteiger partial charge in [0.2, 0.25) is 0 Å². The highest BCUT2D eigenvalue weighted by Crippen LogP contribution is 2.49. The fourth-order valence-corrected chi connectivity index (χ4v) is 4.77. The van der Waals surface area contributed by atoms with Gasteiger partial charge in [-0.3, -0.25) is 4.79 Å². The number of ether oxygens (including phenoxy) is 1. The number of amides is 1. The van der Waals surface area contributed by atoms with Gasteiger partial charge in [-0.15, -0.1) is 0 Å². The minimum absolute atomic E-state index is 0.0376. The van der Waals surface area contributed by atoms with Gasteiger partial charge in [0.1, 0.15) is 11.4 Å². The molecule has 0 radical (unpaired) electrons. The Morgan fingerprint density at radius 3 is 2.10 bits per heavy atom. The van der Waals surface area contributed by atoms with Crippen molar-refractivity contribution in [3.8, 4) is 22.5 Å². The summed E-state index contributed by atoms with van der Waals surface area (Å²) in [5, 5.41) is 13.5. The Kier molecular flexibility index (Phi) is 6.87. The van der Waals surface area contributed by atoms with Crippen molar-refractivity contribution in [3.05, 3.63) is 89.6 Å². The first-order valence-corrected chi connectivity index (χ1v) is 12.6. The van der Waals surface area contributed by atoms with E-state index in [0.717, 1.165) is 27.7 Å². The number of hydrogen-bond donors (Lipinski definition) is 1. The van der Waals surface area contributed by atoms with Crippen LogP contribution in [0.3, 0.4) is 0 Å². The Labute approximate surface area is 227 Å². The summed E-state index contributed by atoms with van der Waals surface area (Å²) in [5.74, 6) is -0.723. The number of nitrogens with zero attached hydrogens (tertiary/aromatic N) is 2. The fraction of sp³-hybridized carbons (Fsp3) is 0.233. The first kappa shape index (κ1) is 27.0. The molecule has 7 nitrogen and oxygen atoms in total. The molecule has 1 aliphatic rings. The molecule has 1 heterocycles. The second-order valence-corrected chi connectivity index (χ2v) is 9.54. The van der Waals surface area contributed by atoms with Crippen LogP contribution in [0.2, 0.25) is 0 Å². The van der Waals surface area contributed by atoms with Crippen LogP contribution in [0.15, 0.2) is 77.3 Å². The number of carbonyl (C=O) groups is 2. The Bertz CT molecular complexity index is 1560. The second kappa shape index (κ2) is 10.2. The molecule has 1 fully saturated rings. The van der Waals surface area contributed by atoms with Crippen LogP contribution in [-0.2, 0) is 21.1 Å². The van der Waals surface area contributed by atoms with Gasteiger partial charge >= 0.3 is 18.2 Å². The minimum atomic E-state index is -4.73. The number of carboxylic acids is 1. The number of carboxylic acid groups (broad SMARTS) is 1. The van der Waals surface area contributed by atoms with E-state index in [1.54, 1.807) is 31.2 Å². The highest BCUT2D eigenvalue weighted by molar-refractivity contribution is 6.01. The van der Waals surface area contributed by atoms with Gasteiger partial charge in [-0.1, -0.05) is 65.8 Å². The molecule has 0 saturated heterocycles. The van der Waals surface area contributed by atoms with Gasteiger partial charge < -0.3 is 14.4 Å². The minimum Gasteiger partial charge on any atom is -0.481 e. The number of carbonyl (C=O) groups excluding carboxylic acids is 1. The number of aromatic nitrogens is 1. The van der Waals surface area contributed by atoms with Crippen molar-refractivity contribution in [1.29, 1.82) is 0 Å². The van der Waals surface area contributed by atoms with Crippen LogP contribution in [0.4, 0.5) is 29.3 Å². The van der Waals surface area contributed by atoms with Crippen LogP contribution in [0.5, 0.6) is 0 Å². The monoisotopic (exact) mass is 550 g/mol. The average Bonchev–Trinajstić information content (AvgIpc) is 3.67. The zero-order valence-corrected chi connectivity index (χ0v) is 21.7. The van der Waals surface area contributed by atoms with E-state index in [-0.39, 0.29) is 23.7 Å². The number of alkyl halides is 3. The topological polar surface area (TPSA) is 92.9 Å². The first-order chi connectivity index (χ1) is 19.1. The molecule has 3 aromatic carbocycles. The molecule has 206 valence electrons. The van der Waals surface area contributed by atoms with Crippen molar-refractivity contribution in [1.82, 2.24) is 5.16 Å². The molecule has 1 N–H and O–H groups in total. The highest BCUT2D eigenvalue weighted by atomic mass is 19.4. The van der Waals surface area contributed by atoms with Gasteiger partial charge in [0.05, 0.1) is 23.3 Å². The van der Waals surface area contributed by atoms with Crippen molar-refractivity contribution in [3.63, 3.8) is 0 Å². The van der Waals surface area contributed by atoms with E-state index < -0.39 is 34.9 Å². The number of aryl methyl sites for hydroxylation is 1. The van der Waals surface area contributed by atoms with E-state index in [2.05, 4.69) is 5.16 Å². The Morgan fingerprint density at radius 1 is 0.975 bits per heavy atom. The number of hydrogen-bond acceptors (Lipinski definition) is 5. The number of aliphatic carboxylic acids is 1. The van der Waals surface area contributed by atoms with E-state index in [1.807, 2.05) is 24.3 Å². The Hall–Kier alpha value is -4.60. The number of rotatable bonds is 7. The molecule has 4 aromatic rings. The normalized spacial score (nSPS) is 14.0. The summed E-state index contributed by atoms with van der Waals surface area (Å²) in [6.07, 6.45) is -4.50. The molecule has 10 heteroatoms. The molecule has 0 spiro atoms. The standard InChI is InChI=1S/C30H25F3N2O5/c1-3-39-28(38)35(24-7-5-4-6-23(24)30(31,32)33)25-18(2)34-40-26(25)21-10-8-19(9-11-21)20-12-14-22(15-13-20)29(16-17-29)27(36)37/h4-15H,3,16-17H2,1-2H3,(H,36,37). The van der Waals surface area contributed by atoms with Crippen LogP contribution >= 0.6 is 0 Å². The summed E-state index contributed by atoms with van der Waals surface area (Å²) in [6.45, 7) is 3.04. The molecule has 1 aromatic heterocycles. The fourth-order valence-electron chi connectivity index (χ4n) is 4.77. The number of para-hydroxylation sites is 1. The van der Waals surface area contributed by atoms with Gasteiger partial charge in [-0.05, 0) is 55.5 Å². The summed E-state index contributed by atoms with van der Waals surface area (Å²) >= 11 is 0. The van der Waals surface area contributed by atoms with Crippen LogP contribution in [0, 0.1) is 6.92 Å². The second-order valence-electron chi connectivity index (χ2n) is 9.54. The van der Waals surface area contributed by atoms with Gasteiger partial charge in [0.25, 0.3) is 0 Å². The van der Waals surface area contributed by atoms with Crippen LogP contribution in [-0.4, -0.2) is 28.9 Å². The predicted molar refractivity (Wildman–Crippen MR) is 141 cm³/mol. The molecule has 5 rings (SSSR count). The average molecular weight is 551 g/mol. The van der Waals surface area contributed by atoms with E-state index in [1.165, 1.54) is 25.1 Å². The summed E-state index contributed by atoms with van der Waals surface area (Å²) in [6, 6.07) is 19.1. The quantitative estimate of drug-likeness (QED) is 0.253. The highest BCUT2D eigenvalue weighted by Gasteiger charge is 2.51. The SMILES string of the molecule is CCOC(=O)N(c1ccccc1C(F)(F)F)c1c(C)noc1-c1ccc(-c2ccc(C3(C(=O)O)CC3)cc2)cc1. The number of anilines is 2. The maximum atomic E-state index is 13.9. The van der Waals surface area contributed by atoms with Gasteiger partial charge in [0.15, 0.2) is 5.76 Å². The van der Waals surface area contributed by atoms with Crippen LogP contribution in [0.25, 0.3) is 22.5 Å². The van der Waals surface area contributed by atoms with Crippen molar-refractivity contribution in [2.45, 2.75) is 38.3 Å². The third kappa shape index (κ3) is 4.81. The smallest absolute Gasteiger partial charge is 0.419 e. The van der Waals surface area contributed by atoms with Crippen LogP contribution < -0.4 is 4.90 Å². The van der Waals surface area contributed by atoms with Crippen molar-refractivity contribution in [2.24, 2.45) is 0 Å². The Balaban J connectivity index is 1.52. The molecule has 0 aliphatic heterocycles. The predicted octanol–water partition coefficient (Wildman–Crippen LogP) is 7.75. The van der Waals surface area contributed by atoms with E-state index >= 15 is 0 Å². The molecule has 0 atom stereocenters. The van der Waals surface area contributed by atoms with Crippen molar-refractivity contribution >= 4 is 23.4 Å². The molecule has 40 heavy (non-hydrogen) atoms. The third-order valence-electron chi connectivity index (χ3n) is 7.03. The molecule has 1 amide bonds. The van der Waals surface area contributed by atoms with Gasteiger partial charge in [-0.25, -0.2) is 9.69 Å². The largest absolute Gasteiger partial charge is 0.481 e. The van der Waals surface area contributed by atoms with E-state index in [4.69, 9.17) is 9.26 Å². The third-order valence-corrected chi connectivity index (χ3v) is 7.03. The summed E-state index contributed by atoms with van der Waals surface area (Å²) in [4.78, 5) is 25.5. The lowest BCUT2D eigenvalue weighted by atomic mass is 9.93. The maximum Gasteiger partial charge on any atom is 0.419 e. The molecule has 1 aliphatic carbocycles. The van der Waals surface area contributed by atoms with Gasteiger partial charge in [0, 0.05) is 5.56 Å². The lowest BCUT2D eigenvalue weighted by molar-refractivity contribution is -0.140. The molecular formula is C30H25F3N2O5. The summed E-state index contributed by atoms with van der Waals surface area (Å²) in [5.41, 5.74) is 0.964.